The molecule has 5 rings (SSSR count). The van der Waals surface area contributed by atoms with E-state index in [1.54, 1.807) is 4.90 Å². The van der Waals surface area contributed by atoms with Crippen LogP contribution in [0.25, 0.3) is 0 Å². The second kappa shape index (κ2) is 10.8. The zero-order valence-corrected chi connectivity index (χ0v) is 23.1. The van der Waals surface area contributed by atoms with Gasteiger partial charge in [-0.25, -0.2) is 12.8 Å². The number of amides is 1. The Kier molecular flexibility index (Phi) is 7.74. The van der Waals surface area contributed by atoms with Crippen molar-refractivity contribution in [1.29, 1.82) is 0 Å². The molecule has 43 heavy (non-hydrogen) atoms. The number of hydrogen-bond acceptors (Lipinski definition) is 4. The van der Waals surface area contributed by atoms with Crippen LogP contribution < -0.4 is 4.31 Å². The topological polar surface area (TPSA) is 77.9 Å². The van der Waals surface area contributed by atoms with Gasteiger partial charge in [0.15, 0.2) is 0 Å². The van der Waals surface area contributed by atoms with Gasteiger partial charge in [-0.05, 0) is 66.3 Å². The summed E-state index contributed by atoms with van der Waals surface area (Å²) in [4.78, 5) is 14.6. The molecule has 0 aromatic heterocycles. The fourth-order valence-electron chi connectivity index (χ4n) is 5.62. The second-order valence-corrected chi connectivity index (χ2v) is 12.3. The Labute approximate surface area is 242 Å². The summed E-state index contributed by atoms with van der Waals surface area (Å²) in [6.45, 7) is 0.667. The number of anilines is 1. The number of sulfonamides is 1. The van der Waals surface area contributed by atoms with Crippen molar-refractivity contribution < 1.29 is 49.1 Å². The molecule has 6 nitrogen and oxygen atoms in total. The summed E-state index contributed by atoms with van der Waals surface area (Å²) in [7, 11) is -4.58. The molecule has 0 saturated carbocycles. The van der Waals surface area contributed by atoms with Gasteiger partial charge in [0.1, 0.15) is 5.82 Å². The van der Waals surface area contributed by atoms with Crippen LogP contribution in [0, 0.1) is 5.82 Å². The molecule has 2 aliphatic heterocycles. The smallest absolute Gasteiger partial charge is 0.369 e. The third-order valence-corrected chi connectivity index (χ3v) is 9.78. The van der Waals surface area contributed by atoms with Crippen LogP contribution in [0.1, 0.15) is 35.1 Å². The van der Waals surface area contributed by atoms with Gasteiger partial charge in [-0.15, -0.1) is 0 Å². The number of halogens is 7. The Morgan fingerprint density at radius 1 is 0.860 bits per heavy atom. The van der Waals surface area contributed by atoms with Crippen LogP contribution in [0.5, 0.6) is 0 Å². The summed E-state index contributed by atoms with van der Waals surface area (Å²) < 4.78 is 124. The molecule has 1 amide bonds. The third-order valence-electron chi connectivity index (χ3n) is 7.90. The minimum atomic E-state index is -6.13. The van der Waals surface area contributed by atoms with Gasteiger partial charge < -0.3 is 10.0 Å². The average Bonchev–Trinajstić information content (AvgIpc) is 2.95. The minimum Gasteiger partial charge on any atom is -0.369 e. The molecule has 1 N–H and O–H groups in total. The Morgan fingerprint density at radius 3 is 2.12 bits per heavy atom. The van der Waals surface area contributed by atoms with Crippen molar-refractivity contribution in [2.75, 3.05) is 10.8 Å². The molecule has 14 heteroatoms. The van der Waals surface area contributed by atoms with Gasteiger partial charge in [0.05, 0.1) is 16.6 Å². The number of benzene rings is 3. The molecule has 0 saturated heterocycles. The molecule has 0 spiro atoms. The molecule has 3 aromatic rings. The van der Waals surface area contributed by atoms with E-state index in [1.807, 2.05) is 24.3 Å². The first-order valence-corrected chi connectivity index (χ1v) is 14.6. The number of fused-ring (bicyclic) bond motifs is 2. The molecule has 0 aliphatic carbocycles. The number of alkyl halides is 6. The predicted molar refractivity (Wildman–Crippen MR) is 141 cm³/mol. The second-order valence-electron chi connectivity index (χ2n) is 10.5. The molecule has 0 unspecified atom stereocenters. The third kappa shape index (κ3) is 5.46. The molecule has 2 aliphatic rings. The molecular weight excluding hydrogens is 605 g/mol. The normalized spacial score (nSPS) is 17.8. The summed E-state index contributed by atoms with van der Waals surface area (Å²) in [5, 5.41) is 9.90. The highest BCUT2D eigenvalue weighted by molar-refractivity contribution is 7.92. The summed E-state index contributed by atoms with van der Waals surface area (Å²) >= 11 is 0. The van der Waals surface area contributed by atoms with Crippen molar-refractivity contribution in [3.63, 3.8) is 0 Å². The van der Waals surface area contributed by atoms with E-state index in [1.165, 1.54) is 0 Å². The van der Waals surface area contributed by atoms with Crippen molar-refractivity contribution in [3.05, 3.63) is 94.8 Å². The molecule has 3 aromatic carbocycles. The zero-order chi connectivity index (χ0) is 31.4. The van der Waals surface area contributed by atoms with E-state index < -0.39 is 50.3 Å². The molecule has 0 fully saturated rings. The van der Waals surface area contributed by atoms with E-state index in [0.717, 1.165) is 45.8 Å². The van der Waals surface area contributed by atoms with Crippen molar-refractivity contribution in [2.24, 2.45) is 0 Å². The standard InChI is InChI=1S/C29H25F7N2O4S/c30-22-7-10-24(11-8-22)43(41,42)38-23(16-26(39)37-14-13-18-3-1-2-4-20(18)17-37)9-5-19-15-21(6-12-25(19)38)27(40,28(31,32)33)29(34,35)36/h1-4,6-8,10-12,15,23,40H,5,9,13-14,16-17H2/t23-/m0/s1. The molecular formula is C29H25F7N2O4S. The van der Waals surface area contributed by atoms with Crippen LogP contribution in [-0.2, 0) is 39.8 Å². The number of nitrogens with zero attached hydrogens (tertiary/aromatic N) is 2. The largest absolute Gasteiger partial charge is 0.430 e. The van der Waals surface area contributed by atoms with Crippen LogP contribution in [0.15, 0.2) is 71.6 Å². The Bertz CT molecular complexity index is 1630. The Morgan fingerprint density at radius 2 is 1.49 bits per heavy atom. The van der Waals surface area contributed by atoms with E-state index in [-0.39, 0.29) is 36.4 Å². The van der Waals surface area contributed by atoms with E-state index >= 15 is 0 Å². The lowest BCUT2D eigenvalue weighted by Gasteiger charge is -2.40. The van der Waals surface area contributed by atoms with Gasteiger partial charge >= 0.3 is 12.4 Å². The number of carbonyl (C=O) groups excluding carboxylic acids is 1. The number of hydrogen-bond donors (Lipinski definition) is 1. The van der Waals surface area contributed by atoms with Crippen molar-refractivity contribution in [3.8, 4) is 0 Å². The number of aryl methyl sites for hydroxylation is 1. The summed E-state index contributed by atoms with van der Waals surface area (Å²) in [6, 6.07) is 11.8. The van der Waals surface area contributed by atoms with Gasteiger partial charge in [-0.2, -0.15) is 26.3 Å². The lowest BCUT2D eigenvalue weighted by molar-refractivity contribution is -0.376. The van der Waals surface area contributed by atoms with Gasteiger partial charge in [0.2, 0.25) is 5.91 Å². The van der Waals surface area contributed by atoms with E-state index in [0.29, 0.717) is 31.6 Å². The van der Waals surface area contributed by atoms with Gasteiger partial charge in [0, 0.05) is 25.1 Å². The summed E-state index contributed by atoms with van der Waals surface area (Å²) in [6.07, 6.45) is -12.3. The SMILES string of the molecule is O=C(C[C@@H]1CCc2cc(C(O)(C(F)(F)F)C(F)(F)F)ccc2N1S(=O)(=O)c1ccc(F)cc1)N1CCc2ccccc2C1. The van der Waals surface area contributed by atoms with E-state index in [2.05, 4.69) is 0 Å². The lowest BCUT2D eigenvalue weighted by atomic mass is 9.87. The highest BCUT2D eigenvalue weighted by Gasteiger charge is 2.71. The van der Waals surface area contributed by atoms with E-state index in [4.69, 9.17) is 0 Å². The maximum absolute atomic E-state index is 13.9. The summed E-state index contributed by atoms with van der Waals surface area (Å²) in [5.74, 6) is -1.12. The average molecular weight is 631 g/mol. The number of aliphatic hydroxyl groups is 1. The van der Waals surface area contributed by atoms with Crippen LogP contribution in [-0.4, -0.2) is 49.3 Å². The number of rotatable bonds is 5. The van der Waals surface area contributed by atoms with Crippen molar-refractivity contribution >= 4 is 21.6 Å². The van der Waals surface area contributed by atoms with Gasteiger partial charge in [-0.3, -0.25) is 9.10 Å². The fourth-order valence-corrected chi connectivity index (χ4v) is 7.34. The first kappa shape index (κ1) is 30.8. The van der Waals surface area contributed by atoms with Crippen LogP contribution >= 0.6 is 0 Å². The zero-order valence-electron chi connectivity index (χ0n) is 22.3. The monoisotopic (exact) mass is 630 g/mol. The molecule has 230 valence electrons. The summed E-state index contributed by atoms with van der Waals surface area (Å²) in [5.41, 5.74) is -5.16. The highest BCUT2D eigenvalue weighted by Crippen LogP contribution is 2.51. The molecule has 0 bridgehead atoms. The molecule has 2 heterocycles. The number of carbonyl (C=O) groups is 1. The highest BCUT2D eigenvalue weighted by atomic mass is 32.2. The predicted octanol–water partition coefficient (Wildman–Crippen LogP) is 5.62. The first-order valence-electron chi connectivity index (χ1n) is 13.2. The Balaban J connectivity index is 1.54. The molecule has 1 atom stereocenters. The van der Waals surface area contributed by atoms with Crippen LogP contribution in [0.2, 0.25) is 0 Å². The maximum atomic E-state index is 13.9. The lowest BCUT2D eigenvalue weighted by Crippen LogP contribution is -2.54. The van der Waals surface area contributed by atoms with Gasteiger partial charge in [0.25, 0.3) is 15.6 Å². The minimum absolute atomic E-state index is 0.122. The quantitative estimate of drug-likeness (QED) is 0.372. The van der Waals surface area contributed by atoms with Crippen molar-refractivity contribution in [2.45, 2.75) is 61.1 Å². The Hall–Kier alpha value is -3.65. The van der Waals surface area contributed by atoms with E-state index in [9.17, 15) is 49.1 Å². The first-order chi connectivity index (χ1) is 20.0. The fraction of sp³-hybridized carbons (Fsp3) is 0.345. The van der Waals surface area contributed by atoms with Crippen LogP contribution in [0.4, 0.5) is 36.4 Å². The maximum Gasteiger partial charge on any atom is 0.430 e. The van der Waals surface area contributed by atoms with Crippen LogP contribution in [0.3, 0.4) is 0 Å². The van der Waals surface area contributed by atoms with Gasteiger partial charge in [-0.1, -0.05) is 36.4 Å². The van der Waals surface area contributed by atoms with Crippen molar-refractivity contribution in [1.82, 2.24) is 4.90 Å². The molecule has 0 radical (unpaired) electrons.